The minimum absolute atomic E-state index is 0.0632. The Bertz CT molecular complexity index is 612. The highest BCUT2D eigenvalue weighted by atomic mass is 32.2. The summed E-state index contributed by atoms with van der Waals surface area (Å²) >= 11 is 0. The fourth-order valence-electron chi connectivity index (χ4n) is 1.50. The van der Waals surface area contributed by atoms with Gasteiger partial charge in [0.2, 0.25) is 15.9 Å². The first kappa shape index (κ1) is 16.4. The number of benzene rings is 1. The normalized spacial score (nSPS) is 12.2. The van der Waals surface area contributed by atoms with Crippen LogP contribution in [-0.2, 0) is 21.0 Å². The molecule has 2 N–H and O–H groups in total. The van der Waals surface area contributed by atoms with Crippen LogP contribution in [-0.4, -0.2) is 27.1 Å². The van der Waals surface area contributed by atoms with Gasteiger partial charge in [-0.15, -0.1) is 0 Å². The standard InChI is InChI=1S/C11H13F3N2O3S/c1-7-5-8(3-4-9(7)11(12,13)14)16-10(17)6-20(18,19)15-2/h3-5,15H,6H2,1-2H3,(H,16,17). The van der Waals surface area contributed by atoms with E-state index in [9.17, 15) is 26.4 Å². The van der Waals surface area contributed by atoms with E-state index in [2.05, 4.69) is 5.32 Å². The van der Waals surface area contributed by atoms with Crippen molar-refractivity contribution in [2.24, 2.45) is 0 Å². The van der Waals surface area contributed by atoms with E-state index in [0.717, 1.165) is 25.2 Å². The van der Waals surface area contributed by atoms with Gasteiger partial charge in [0.15, 0.2) is 0 Å². The summed E-state index contributed by atoms with van der Waals surface area (Å²) in [5.41, 5.74) is -0.767. The highest BCUT2D eigenvalue weighted by Crippen LogP contribution is 2.32. The number of hydrogen-bond acceptors (Lipinski definition) is 3. The van der Waals surface area contributed by atoms with Gasteiger partial charge >= 0.3 is 6.18 Å². The Morgan fingerprint density at radius 3 is 2.35 bits per heavy atom. The van der Waals surface area contributed by atoms with Crippen molar-refractivity contribution in [3.05, 3.63) is 29.3 Å². The summed E-state index contributed by atoms with van der Waals surface area (Å²) in [5, 5.41) is 2.23. The van der Waals surface area contributed by atoms with Crippen LogP contribution in [0.1, 0.15) is 11.1 Å². The number of amides is 1. The number of alkyl halides is 3. The Kier molecular flexibility index (Phi) is 4.77. The van der Waals surface area contributed by atoms with Gasteiger partial charge in [-0.1, -0.05) is 0 Å². The molecule has 0 saturated carbocycles. The van der Waals surface area contributed by atoms with Crippen LogP contribution in [0.3, 0.4) is 0 Å². The van der Waals surface area contributed by atoms with Crippen molar-refractivity contribution in [2.75, 3.05) is 18.1 Å². The van der Waals surface area contributed by atoms with Gasteiger partial charge in [0, 0.05) is 5.69 Å². The third-order valence-corrected chi connectivity index (χ3v) is 3.71. The summed E-state index contributed by atoms with van der Waals surface area (Å²) < 4.78 is 61.8. The van der Waals surface area contributed by atoms with Crippen LogP contribution < -0.4 is 10.0 Å². The Labute approximate surface area is 114 Å². The number of halogens is 3. The summed E-state index contributed by atoms with van der Waals surface area (Å²) in [4.78, 5) is 11.4. The second-order valence-electron chi connectivity index (χ2n) is 4.04. The maximum Gasteiger partial charge on any atom is 0.416 e. The minimum atomic E-state index is -4.47. The maximum atomic E-state index is 12.5. The first-order valence-electron chi connectivity index (χ1n) is 5.44. The average molecular weight is 310 g/mol. The summed E-state index contributed by atoms with van der Waals surface area (Å²) in [6.07, 6.45) is -4.47. The fraction of sp³-hybridized carbons (Fsp3) is 0.364. The molecule has 20 heavy (non-hydrogen) atoms. The van der Waals surface area contributed by atoms with Gasteiger partial charge in [0.05, 0.1) is 5.56 Å². The van der Waals surface area contributed by atoms with E-state index in [0.29, 0.717) is 0 Å². The van der Waals surface area contributed by atoms with E-state index in [1.165, 1.54) is 6.92 Å². The number of aryl methyl sites for hydroxylation is 1. The van der Waals surface area contributed by atoms with Crippen molar-refractivity contribution in [1.29, 1.82) is 0 Å². The third-order valence-electron chi connectivity index (χ3n) is 2.45. The molecule has 1 rings (SSSR count). The van der Waals surface area contributed by atoms with Crippen LogP contribution in [0.4, 0.5) is 18.9 Å². The SMILES string of the molecule is CNS(=O)(=O)CC(=O)Nc1ccc(C(F)(F)F)c(C)c1. The second-order valence-corrected chi connectivity index (χ2v) is 5.97. The molecule has 0 atom stereocenters. The quantitative estimate of drug-likeness (QED) is 0.885. The number of carbonyl (C=O) groups excluding carboxylic acids is 1. The third kappa shape index (κ3) is 4.49. The van der Waals surface area contributed by atoms with Gasteiger partial charge in [-0.25, -0.2) is 13.1 Å². The van der Waals surface area contributed by atoms with Crippen LogP contribution in [0.5, 0.6) is 0 Å². The van der Waals surface area contributed by atoms with Gasteiger partial charge in [0.1, 0.15) is 5.75 Å². The van der Waals surface area contributed by atoms with Crippen LogP contribution in [0.15, 0.2) is 18.2 Å². The van der Waals surface area contributed by atoms with Crippen molar-refractivity contribution in [1.82, 2.24) is 4.72 Å². The molecule has 5 nitrogen and oxygen atoms in total. The lowest BCUT2D eigenvalue weighted by Crippen LogP contribution is -2.30. The maximum absolute atomic E-state index is 12.5. The molecule has 1 aromatic carbocycles. The number of sulfonamides is 1. The zero-order valence-corrected chi connectivity index (χ0v) is 11.5. The molecule has 0 saturated heterocycles. The van der Waals surface area contributed by atoms with Gasteiger partial charge in [-0.3, -0.25) is 4.79 Å². The highest BCUT2D eigenvalue weighted by molar-refractivity contribution is 7.90. The summed E-state index contributed by atoms with van der Waals surface area (Å²) in [5.74, 6) is -1.64. The lowest BCUT2D eigenvalue weighted by Gasteiger charge is -2.12. The van der Waals surface area contributed by atoms with Crippen LogP contribution >= 0.6 is 0 Å². The van der Waals surface area contributed by atoms with Crippen LogP contribution in [0.25, 0.3) is 0 Å². The smallest absolute Gasteiger partial charge is 0.325 e. The largest absolute Gasteiger partial charge is 0.416 e. The molecule has 112 valence electrons. The Hall–Kier alpha value is -1.61. The molecular formula is C11H13F3N2O3S. The van der Waals surface area contributed by atoms with Gasteiger partial charge in [0.25, 0.3) is 0 Å². The van der Waals surface area contributed by atoms with Gasteiger partial charge in [-0.2, -0.15) is 13.2 Å². The molecule has 1 amide bonds. The monoisotopic (exact) mass is 310 g/mol. The molecule has 0 fully saturated rings. The van der Waals surface area contributed by atoms with E-state index in [1.54, 1.807) is 0 Å². The Balaban J connectivity index is 2.86. The molecule has 9 heteroatoms. The van der Waals surface area contributed by atoms with Gasteiger partial charge in [-0.05, 0) is 37.7 Å². The summed E-state index contributed by atoms with van der Waals surface area (Å²) in [6, 6.07) is 3.03. The predicted octanol–water partition coefficient (Wildman–Crippen LogP) is 1.50. The summed E-state index contributed by atoms with van der Waals surface area (Å²) in [7, 11) is -2.56. The molecule has 0 aromatic heterocycles. The van der Waals surface area contributed by atoms with Crippen LogP contribution in [0.2, 0.25) is 0 Å². The number of hydrogen-bond donors (Lipinski definition) is 2. The molecule has 1 aromatic rings. The molecule has 0 unspecified atom stereocenters. The van der Waals surface area contributed by atoms with Crippen molar-refractivity contribution in [3.8, 4) is 0 Å². The number of anilines is 1. The number of rotatable bonds is 4. The Morgan fingerprint density at radius 2 is 1.90 bits per heavy atom. The number of nitrogens with one attached hydrogen (secondary N) is 2. The van der Waals surface area contributed by atoms with E-state index in [-0.39, 0.29) is 11.3 Å². The first-order valence-corrected chi connectivity index (χ1v) is 7.09. The van der Waals surface area contributed by atoms with Gasteiger partial charge < -0.3 is 5.32 Å². The average Bonchev–Trinajstić information content (AvgIpc) is 2.26. The van der Waals surface area contributed by atoms with Crippen molar-refractivity contribution < 1.29 is 26.4 Å². The van der Waals surface area contributed by atoms with Crippen molar-refractivity contribution >= 4 is 21.6 Å². The van der Waals surface area contributed by atoms with Crippen molar-refractivity contribution in [3.63, 3.8) is 0 Å². The Morgan fingerprint density at radius 1 is 1.30 bits per heavy atom. The van der Waals surface area contributed by atoms with E-state index >= 15 is 0 Å². The second kappa shape index (κ2) is 5.80. The topological polar surface area (TPSA) is 75.3 Å². The van der Waals surface area contributed by atoms with E-state index in [4.69, 9.17) is 0 Å². The lowest BCUT2D eigenvalue weighted by molar-refractivity contribution is -0.138. The molecular weight excluding hydrogens is 297 g/mol. The molecule has 0 spiro atoms. The fourth-order valence-corrected chi connectivity index (χ4v) is 2.06. The molecule has 0 bridgehead atoms. The number of carbonyl (C=O) groups is 1. The highest BCUT2D eigenvalue weighted by Gasteiger charge is 2.32. The molecule has 0 heterocycles. The molecule has 0 aliphatic heterocycles. The van der Waals surface area contributed by atoms with Crippen LogP contribution in [0, 0.1) is 6.92 Å². The zero-order valence-electron chi connectivity index (χ0n) is 10.7. The predicted molar refractivity (Wildman–Crippen MR) is 67.7 cm³/mol. The first-order chi connectivity index (χ1) is 9.05. The van der Waals surface area contributed by atoms with E-state index in [1.807, 2.05) is 4.72 Å². The lowest BCUT2D eigenvalue weighted by atomic mass is 10.1. The molecule has 0 radical (unpaired) electrons. The molecule has 0 aliphatic carbocycles. The van der Waals surface area contributed by atoms with Crippen molar-refractivity contribution in [2.45, 2.75) is 13.1 Å². The minimum Gasteiger partial charge on any atom is -0.325 e. The van der Waals surface area contributed by atoms with E-state index < -0.39 is 33.4 Å². The summed E-state index contributed by atoms with van der Waals surface area (Å²) in [6.45, 7) is 1.25. The molecule has 0 aliphatic rings. The zero-order chi connectivity index (χ0) is 15.6.